The molecule has 0 aliphatic carbocycles. The zero-order chi connectivity index (χ0) is 34.0. The monoisotopic (exact) mass is 653 g/mol. The van der Waals surface area contributed by atoms with Crippen LogP contribution < -0.4 is 9.80 Å². The maximum absolute atomic E-state index is 3.69. The lowest BCUT2D eigenvalue weighted by Crippen LogP contribution is -2.10. The second kappa shape index (κ2) is 13.2. The average molecular weight is 654 g/mol. The van der Waals surface area contributed by atoms with E-state index < -0.39 is 0 Å². The molecule has 0 spiro atoms. The summed E-state index contributed by atoms with van der Waals surface area (Å²) in [7, 11) is 0. The van der Waals surface area contributed by atoms with Crippen LogP contribution in [0.5, 0.6) is 0 Å². The summed E-state index contributed by atoms with van der Waals surface area (Å²) >= 11 is 0. The summed E-state index contributed by atoms with van der Waals surface area (Å²) in [4.78, 5) is 8.38. The van der Waals surface area contributed by atoms with Crippen LogP contribution in [0.1, 0.15) is 0 Å². The van der Waals surface area contributed by atoms with Crippen LogP contribution in [0.3, 0.4) is 0 Å². The van der Waals surface area contributed by atoms with E-state index in [1.54, 1.807) is 0 Å². The van der Waals surface area contributed by atoms with E-state index in [2.05, 4.69) is 221 Å². The van der Waals surface area contributed by atoms with E-state index in [1.165, 1.54) is 33.0 Å². The summed E-state index contributed by atoms with van der Waals surface area (Å²) in [6.07, 6.45) is 0. The van der Waals surface area contributed by atoms with Crippen LogP contribution in [0.25, 0.3) is 44.1 Å². The molecule has 1 N–H and O–H groups in total. The lowest BCUT2D eigenvalue weighted by Gasteiger charge is -2.28. The van der Waals surface area contributed by atoms with Crippen molar-refractivity contribution in [1.82, 2.24) is 4.98 Å². The summed E-state index contributed by atoms with van der Waals surface area (Å²) in [5.41, 5.74) is 13.7. The van der Waals surface area contributed by atoms with Gasteiger partial charge in [-0.1, -0.05) is 121 Å². The van der Waals surface area contributed by atoms with Gasteiger partial charge in [0.1, 0.15) is 0 Å². The lowest BCUT2D eigenvalue weighted by atomic mass is 9.97. The number of aromatic nitrogens is 1. The summed E-state index contributed by atoms with van der Waals surface area (Å²) in [5, 5.41) is 2.40. The van der Waals surface area contributed by atoms with Gasteiger partial charge in [-0.05, 0) is 96.1 Å². The smallest absolute Gasteiger partial charge is 0.0540 e. The minimum absolute atomic E-state index is 1.12. The standard InChI is InChI=1S/C48H35N3/c1-5-17-37(18-6-1)50(38-19-7-2-8-20-38)47-27-15-13-25-41(47)35-29-31-45-43(33-35)44-34-36(30-32-46(44)49-45)42-26-14-16-28-48(42)51(39-21-9-3-10-22-39)40-23-11-4-12-24-40/h1-34,49H. The molecule has 51 heavy (non-hydrogen) atoms. The molecule has 0 saturated heterocycles. The number of anilines is 6. The minimum Gasteiger partial charge on any atom is -0.355 e. The Morgan fingerprint density at radius 2 is 0.608 bits per heavy atom. The first-order valence-corrected chi connectivity index (χ1v) is 17.4. The van der Waals surface area contributed by atoms with E-state index in [9.17, 15) is 0 Å². The fraction of sp³-hybridized carbons (Fsp3) is 0. The third kappa shape index (κ3) is 5.71. The van der Waals surface area contributed by atoms with Crippen molar-refractivity contribution in [3.05, 3.63) is 206 Å². The van der Waals surface area contributed by atoms with Crippen molar-refractivity contribution in [2.45, 2.75) is 0 Å². The third-order valence-electron chi connectivity index (χ3n) is 9.57. The predicted molar refractivity (Wildman–Crippen MR) is 216 cm³/mol. The van der Waals surface area contributed by atoms with Crippen LogP contribution >= 0.6 is 0 Å². The van der Waals surface area contributed by atoms with Crippen LogP contribution in [0, 0.1) is 0 Å². The van der Waals surface area contributed by atoms with Crippen LogP contribution in [-0.2, 0) is 0 Å². The first-order chi connectivity index (χ1) is 25.3. The number of hydrogen-bond donors (Lipinski definition) is 1. The molecule has 0 amide bonds. The highest BCUT2D eigenvalue weighted by Gasteiger charge is 2.19. The van der Waals surface area contributed by atoms with Crippen molar-refractivity contribution in [3.8, 4) is 22.3 Å². The molecule has 8 aromatic carbocycles. The first-order valence-electron chi connectivity index (χ1n) is 17.4. The van der Waals surface area contributed by atoms with Crippen molar-refractivity contribution in [2.24, 2.45) is 0 Å². The number of rotatable bonds is 8. The van der Waals surface area contributed by atoms with Crippen molar-refractivity contribution in [2.75, 3.05) is 9.80 Å². The van der Waals surface area contributed by atoms with Crippen LogP contribution in [0.2, 0.25) is 0 Å². The highest BCUT2D eigenvalue weighted by molar-refractivity contribution is 6.10. The number of fused-ring (bicyclic) bond motifs is 3. The Balaban J connectivity index is 1.18. The molecule has 1 heterocycles. The Hall–Kier alpha value is -6.84. The van der Waals surface area contributed by atoms with Gasteiger partial charge in [-0.2, -0.15) is 0 Å². The van der Waals surface area contributed by atoms with Gasteiger partial charge in [0.05, 0.1) is 11.4 Å². The van der Waals surface area contributed by atoms with Crippen molar-refractivity contribution < 1.29 is 0 Å². The van der Waals surface area contributed by atoms with Gasteiger partial charge in [0, 0.05) is 55.7 Å². The second-order valence-electron chi connectivity index (χ2n) is 12.7. The first kappa shape index (κ1) is 30.2. The summed E-state index contributed by atoms with van der Waals surface area (Å²) in [6.45, 7) is 0. The maximum Gasteiger partial charge on any atom is 0.0540 e. The average Bonchev–Trinajstić information content (AvgIpc) is 3.57. The Morgan fingerprint density at radius 3 is 0.961 bits per heavy atom. The molecule has 0 saturated carbocycles. The maximum atomic E-state index is 3.69. The lowest BCUT2D eigenvalue weighted by molar-refractivity contribution is 1.28. The fourth-order valence-electron chi connectivity index (χ4n) is 7.22. The van der Waals surface area contributed by atoms with Gasteiger partial charge in [-0.3, -0.25) is 0 Å². The highest BCUT2D eigenvalue weighted by Crippen LogP contribution is 2.44. The number of nitrogens with one attached hydrogen (secondary N) is 1. The molecule has 3 nitrogen and oxygen atoms in total. The van der Waals surface area contributed by atoms with Gasteiger partial charge < -0.3 is 14.8 Å². The fourth-order valence-corrected chi connectivity index (χ4v) is 7.22. The number of H-pyrrole nitrogens is 1. The SMILES string of the molecule is c1ccc(N(c2ccccc2)c2ccccc2-c2ccc3[nH]c4ccc(-c5ccccc5N(c5ccccc5)c5ccccc5)cc4c3c2)cc1. The molecule has 0 aliphatic rings. The molecule has 9 aromatic rings. The van der Waals surface area contributed by atoms with E-state index in [1.807, 2.05) is 0 Å². The van der Waals surface area contributed by atoms with Crippen molar-refractivity contribution in [1.29, 1.82) is 0 Å². The molecule has 0 unspecified atom stereocenters. The second-order valence-corrected chi connectivity index (χ2v) is 12.7. The zero-order valence-electron chi connectivity index (χ0n) is 28.0. The Morgan fingerprint density at radius 1 is 0.294 bits per heavy atom. The Labute approximate surface area is 298 Å². The van der Waals surface area contributed by atoms with Crippen molar-refractivity contribution in [3.63, 3.8) is 0 Å². The van der Waals surface area contributed by atoms with E-state index in [4.69, 9.17) is 0 Å². The molecule has 0 atom stereocenters. The van der Waals surface area contributed by atoms with Crippen LogP contribution in [0.4, 0.5) is 34.1 Å². The topological polar surface area (TPSA) is 22.3 Å². The van der Waals surface area contributed by atoms with E-state index in [0.29, 0.717) is 0 Å². The normalized spacial score (nSPS) is 11.1. The van der Waals surface area contributed by atoms with Crippen LogP contribution in [0.15, 0.2) is 206 Å². The summed E-state index contributed by atoms with van der Waals surface area (Å²) < 4.78 is 0. The molecule has 3 heteroatoms. The van der Waals surface area contributed by atoms with Gasteiger partial charge in [-0.15, -0.1) is 0 Å². The summed E-state index contributed by atoms with van der Waals surface area (Å²) in [6, 6.07) is 73.4. The largest absolute Gasteiger partial charge is 0.355 e. The molecular formula is C48H35N3. The number of benzene rings is 8. The molecule has 0 aliphatic heterocycles. The molecule has 0 radical (unpaired) electrons. The number of aromatic amines is 1. The molecular weight excluding hydrogens is 619 g/mol. The van der Waals surface area contributed by atoms with Crippen molar-refractivity contribution >= 4 is 55.9 Å². The molecule has 242 valence electrons. The quantitative estimate of drug-likeness (QED) is 0.176. The van der Waals surface area contributed by atoms with E-state index in [0.717, 1.165) is 45.2 Å². The van der Waals surface area contributed by atoms with E-state index in [-0.39, 0.29) is 0 Å². The van der Waals surface area contributed by atoms with E-state index >= 15 is 0 Å². The summed E-state index contributed by atoms with van der Waals surface area (Å²) in [5.74, 6) is 0. The number of nitrogens with zero attached hydrogens (tertiary/aromatic N) is 2. The van der Waals surface area contributed by atoms with Gasteiger partial charge in [-0.25, -0.2) is 0 Å². The molecule has 9 rings (SSSR count). The van der Waals surface area contributed by atoms with Gasteiger partial charge in [0.25, 0.3) is 0 Å². The van der Waals surface area contributed by atoms with Gasteiger partial charge >= 0.3 is 0 Å². The third-order valence-corrected chi connectivity index (χ3v) is 9.57. The van der Waals surface area contributed by atoms with Gasteiger partial charge in [0.2, 0.25) is 0 Å². The minimum atomic E-state index is 1.12. The molecule has 1 aromatic heterocycles. The predicted octanol–water partition coefficient (Wildman–Crippen LogP) is 13.6. The molecule has 0 fully saturated rings. The zero-order valence-corrected chi connectivity index (χ0v) is 28.0. The Kier molecular flexibility index (Phi) is 7.84. The molecule has 0 bridgehead atoms. The number of hydrogen-bond acceptors (Lipinski definition) is 2. The number of para-hydroxylation sites is 6. The van der Waals surface area contributed by atoms with Crippen LogP contribution in [-0.4, -0.2) is 4.98 Å². The van der Waals surface area contributed by atoms with Gasteiger partial charge in [0.15, 0.2) is 0 Å². The highest BCUT2D eigenvalue weighted by atomic mass is 15.1. The Bertz CT molecular complexity index is 2320.